The Bertz CT molecular complexity index is 214. The van der Waals surface area contributed by atoms with Crippen molar-refractivity contribution in [1.29, 1.82) is 0 Å². The summed E-state index contributed by atoms with van der Waals surface area (Å²) in [6, 6.07) is 0. The zero-order valence-electron chi connectivity index (χ0n) is 12.5. The lowest BCUT2D eigenvalue weighted by molar-refractivity contribution is -0.0151. The highest BCUT2D eigenvalue weighted by Crippen LogP contribution is 2.30. The molecule has 0 amide bonds. The summed E-state index contributed by atoms with van der Waals surface area (Å²) in [6.45, 7) is 13.6. The zero-order chi connectivity index (χ0) is 13.1. The summed E-state index contributed by atoms with van der Waals surface area (Å²) in [4.78, 5) is 0. The summed E-state index contributed by atoms with van der Waals surface area (Å²) in [7, 11) is 0. The van der Waals surface area contributed by atoms with E-state index < -0.39 is 0 Å². The second-order valence-electron chi connectivity index (χ2n) is 7.30. The van der Waals surface area contributed by atoms with Gasteiger partial charge in [-0.05, 0) is 73.1 Å². The lowest BCUT2D eigenvalue weighted by Gasteiger charge is -2.18. The summed E-state index contributed by atoms with van der Waals surface area (Å²) in [5, 5.41) is 0. The molecule has 0 saturated heterocycles. The van der Waals surface area contributed by atoms with E-state index in [-0.39, 0.29) is 11.2 Å². The minimum atomic E-state index is 0.0720. The number of hydrogen-bond acceptors (Lipinski definition) is 2. The van der Waals surface area contributed by atoms with E-state index in [2.05, 4.69) is 41.5 Å². The van der Waals surface area contributed by atoms with Crippen molar-refractivity contribution in [3.63, 3.8) is 0 Å². The van der Waals surface area contributed by atoms with Crippen LogP contribution in [0, 0.1) is 5.92 Å². The Hall–Kier alpha value is -0.0800. The molecule has 2 aliphatic carbocycles. The van der Waals surface area contributed by atoms with Gasteiger partial charge in [-0.15, -0.1) is 0 Å². The van der Waals surface area contributed by atoms with Crippen LogP contribution in [-0.2, 0) is 9.47 Å². The molecule has 2 aliphatic rings. The maximum absolute atomic E-state index is 5.55. The fourth-order valence-electron chi connectivity index (χ4n) is 1.34. The minimum absolute atomic E-state index is 0.0720. The van der Waals surface area contributed by atoms with Gasteiger partial charge in [0.1, 0.15) is 0 Å². The summed E-state index contributed by atoms with van der Waals surface area (Å²) in [5.41, 5.74) is 0.157. The highest BCUT2D eigenvalue weighted by Gasteiger charge is 2.27. The Balaban J connectivity index is 0.000000171. The molecule has 0 radical (unpaired) electrons. The third-order valence-electron chi connectivity index (χ3n) is 2.49. The monoisotopic (exact) mass is 242 g/mol. The van der Waals surface area contributed by atoms with Gasteiger partial charge in [-0.25, -0.2) is 0 Å². The molecule has 0 spiro atoms. The molecule has 0 unspecified atom stereocenters. The van der Waals surface area contributed by atoms with Crippen molar-refractivity contribution in [1.82, 2.24) is 0 Å². The summed E-state index contributed by atoms with van der Waals surface area (Å²) < 4.78 is 11.1. The SMILES string of the molecule is CC(C)(C)OC1CC1.CC(C)(C)OCC1CC1. The fraction of sp³-hybridized carbons (Fsp3) is 1.00. The molecule has 0 aromatic carbocycles. The van der Waals surface area contributed by atoms with Gasteiger partial charge in [0.25, 0.3) is 0 Å². The molecule has 2 saturated carbocycles. The van der Waals surface area contributed by atoms with Gasteiger partial charge in [-0.2, -0.15) is 0 Å². The fourth-order valence-corrected chi connectivity index (χ4v) is 1.34. The molecular weight excluding hydrogens is 212 g/mol. The van der Waals surface area contributed by atoms with E-state index in [1.54, 1.807) is 0 Å². The highest BCUT2D eigenvalue weighted by molar-refractivity contribution is 4.77. The standard InChI is InChI=1S/C8H16O.C7H14O/c1-8(2,3)9-6-7-4-5-7;1-7(2,3)8-6-4-5-6/h7H,4-6H2,1-3H3;6H,4-5H2,1-3H3. The van der Waals surface area contributed by atoms with Gasteiger partial charge >= 0.3 is 0 Å². The van der Waals surface area contributed by atoms with E-state index in [4.69, 9.17) is 9.47 Å². The van der Waals surface area contributed by atoms with Crippen LogP contribution in [0.15, 0.2) is 0 Å². The third-order valence-corrected chi connectivity index (χ3v) is 2.49. The van der Waals surface area contributed by atoms with E-state index >= 15 is 0 Å². The predicted molar refractivity (Wildman–Crippen MR) is 72.3 cm³/mol. The molecule has 2 rings (SSSR count). The maximum Gasteiger partial charge on any atom is 0.0602 e. The van der Waals surface area contributed by atoms with Crippen LogP contribution in [0.3, 0.4) is 0 Å². The van der Waals surface area contributed by atoms with Crippen LogP contribution < -0.4 is 0 Å². The van der Waals surface area contributed by atoms with Gasteiger partial charge in [0.15, 0.2) is 0 Å². The maximum atomic E-state index is 5.55. The first-order valence-electron chi connectivity index (χ1n) is 6.97. The van der Waals surface area contributed by atoms with E-state index in [0.717, 1.165) is 12.5 Å². The normalized spacial score (nSPS) is 20.8. The van der Waals surface area contributed by atoms with Gasteiger partial charge in [0.05, 0.1) is 23.9 Å². The topological polar surface area (TPSA) is 18.5 Å². The number of hydrogen-bond donors (Lipinski definition) is 0. The number of rotatable bonds is 3. The average molecular weight is 242 g/mol. The van der Waals surface area contributed by atoms with E-state index in [0.29, 0.717) is 6.10 Å². The Morgan fingerprint density at radius 2 is 1.35 bits per heavy atom. The van der Waals surface area contributed by atoms with Crippen LogP contribution in [0.2, 0.25) is 0 Å². The van der Waals surface area contributed by atoms with Crippen molar-refractivity contribution in [2.45, 2.75) is 84.5 Å². The zero-order valence-corrected chi connectivity index (χ0v) is 12.5. The Kier molecular flexibility index (Phi) is 5.03. The van der Waals surface area contributed by atoms with Crippen LogP contribution in [-0.4, -0.2) is 23.9 Å². The molecule has 102 valence electrons. The average Bonchev–Trinajstić information content (AvgIpc) is 2.92. The third kappa shape index (κ3) is 10.8. The summed E-state index contributed by atoms with van der Waals surface area (Å²) in [5.74, 6) is 0.893. The predicted octanol–water partition coefficient (Wildman–Crippen LogP) is 4.18. The van der Waals surface area contributed by atoms with Crippen LogP contribution in [0.1, 0.15) is 67.2 Å². The van der Waals surface area contributed by atoms with Gasteiger partial charge in [-0.1, -0.05) is 0 Å². The molecule has 2 heteroatoms. The molecule has 0 aromatic heterocycles. The lowest BCUT2D eigenvalue weighted by atomic mass is 10.2. The molecule has 0 aromatic rings. The van der Waals surface area contributed by atoms with Gasteiger partial charge in [0, 0.05) is 0 Å². The molecule has 2 fully saturated rings. The molecule has 17 heavy (non-hydrogen) atoms. The van der Waals surface area contributed by atoms with Gasteiger partial charge < -0.3 is 9.47 Å². The molecule has 0 atom stereocenters. The molecule has 0 heterocycles. The van der Waals surface area contributed by atoms with Crippen LogP contribution in [0.25, 0.3) is 0 Å². The first-order chi connectivity index (χ1) is 7.66. The van der Waals surface area contributed by atoms with E-state index in [1.807, 2.05) is 0 Å². The van der Waals surface area contributed by atoms with E-state index in [1.165, 1.54) is 25.7 Å². The van der Waals surface area contributed by atoms with Crippen LogP contribution >= 0.6 is 0 Å². The van der Waals surface area contributed by atoms with Crippen LogP contribution in [0.4, 0.5) is 0 Å². The van der Waals surface area contributed by atoms with Crippen molar-refractivity contribution < 1.29 is 9.47 Å². The molecular formula is C15H30O2. The Labute approximate surface area is 107 Å². The molecule has 2 nitrogen and oxygen atoms in total. The highest BCUT2D eigenvalue weighted by atomic mass is 16.5. The second-order valence-corrected chi connectivity index (χ2v) is 7.30. The smallest absolute Gasteiger partial charge is 0.0602 e. The Morgan fingerprint density at radius 1 is 0.824 bits per heavy atom. The summed E-state index contributed by atoms with van der Waals surface area (Å²) >= 11 is 0. The van der Waals surface area contributed by atoms with Crippen molar-refractivity contribution >= 4 is 0 Å². The molecule has 0 N–H and O–H groups in total. The van der Waals surface area contributed by atoms with Gasteiger partial charge in [0.2, 0.25) is 0 Å². The Morgan fingerprint density at radius 3 is 1.59 bits per heavy atom. The quantitative estimate of drug-likeness (QED) is 0.739. The van der Waals surface area contributed by atoms with E-state index in [9.17, 15) is 0 Å². The molecule has 0 bridgehead atoms. The number of ether oxygens (including phenoxy) is 2. The van der Waals surface area contributed by atoms with Crippen molar-refractivity contribution in [2.24, 2.45) is 5.92 Å². The lowest BCUT2D eigenvalue weighted by Crippen LogP contribution is -2.20. The van der Waals surface area contributed by atoms with Crippen molar-refractivity contribution in [2.75, 3.05) is 6.61 Å². The molecule has 0 aliphatic heterocycles. The van der Waals surface area contributed by atoms with Crippen LogP contribution in [0.5, 0.6) is 0 Å². The van der Waals surface area contributed by atoms with Crippen molar-refractivity contribution in [3.8, 4) is 0 Å². The second kappa shape index (κ2) is 5.71. The first kappa shape index (κ1) is 15.0. The minimum Gasteiger partial charge on any atom is -0.376 e. The largest absolute Gasteiger partial charge is 0.376 e. The van der Waals surface area contributed by atoms with Crippen molar-refractivity contribution in [3.05, 3.63) is 0 Å². The first-order valence-corrected chi connectivity index (χ1v) is 6.97. The van der Waals surface area contributed by atoms with Gasteiger partial charge in [-0.3, -0.25) is 0 Å². The summed E-state index contributed by atoms with van der Waals surface area (Å²) in [6.07, 6.45) is 5.91.